The number of anilines is 1. The zero-order valence-corrected chi connectivity index (χ0v) is 13.9. The van der Waals surface area contributed by atoms with Crippen LogP contribution in [0.5, 0.6) is 0 Å². The second kappa shape index (κ2) is 7.37. The highest BCUT2D eigenvalue weighted by atomic mass is 79.9. The van der Waals surface area contributed by atoms with Crippen molar-refractivity contribution in [3.63, 3.8) is 0 Å². The van der Waals surface area contributed by atoms with E-state index in [0.717, 1.165) is 23.1 Å². The lowest BCUT2D eigenvalue weighted by molar-refractivity contribution is 0.373. The summed E-state index contributed by atoms with van der Waals surface area (Å²) in [7, 11) is 4.22. The van der Waals surface area contributed by atoms with Gasteiger partial charge in [-0.1, -0.05) is 22.0 Å². The monoisotopic (exact) mass is 332 g/mol. The Morgan fingerprint density at radius 3 is 2.44 bits per heavy atom. The van der Waals surface area contributed by atoms with Gasteiger partial charge in [0.15, 0.2) is 0 Å². The summed E-state index contributed by atoms with van der Waals surface area (Å²) in [5, 5.41) is 0. The summed E-state index contributed by atoms with van der Waals surface area (Å²) >= 11 is 9.46. The normalized spacial score (nSPS) is 12.8. The molecule has 0 N–H and O–H groups in total. The minimum absolute atomic E-state index is 0.485. The van der Waals surface area contributed by atoms with Gasteiger partial charge in [0.2, 0.25) is 0 Å². The highest BCUT2D eigenvalue weighted by Crippen LogP contribution is 2.26. The molecular formula is C14H22BrClN2. The molecule has 4 heteroatoms. The molecule has 1 aromatic rings. The van der Waals surface area contributed by atoms with Gasteiger partial charge in [-0.2, -0.15) is 0 Å². The highest BCUT2D eigenvalue weighted by molar-refractivity contribution is 9.10. The fourth-order valence-electron chi connectivity index (χ4n) is 2.20. The van der Waals surface area contributed by atoms with Gasteiger partial charge >= 0.3 is 0 Å². The van der Waals surface area contributed by atoms with Gasteiger partial charge in [-0.15, -0.1) is 11.6 Å². The van der Waals surface area contributed by atoms with Crippen LogP contribution in [0.4, 0.5) is 5.69 Å². The molecule has 102 valence electrons. The van der Waals surface area contributed by atoms with Gasteiger partial charge in [-0.3, -0.25) is 0 Å². The summed E-state index contributed by atoms with van der Waals surface area (Å²) in [6.45, 7) is 6.49. The van der Waals surface area contributed by atoms with Gasteiger partial charge in [0.25, 0.3) is 0 Å². The smallest absolute Gasteiger partial charge is 0.0485 e. The molecule has 18 heavy (non-hydrogen) atoms. The molecular weight excluding hydrogens is 312 g/mol. The molecule has 0 saturated heterocycles. The third kappa shape index (κ3) is 4.15. The minimum atomic E-state index is 0.485. The molecule has 2 nitrogen and oxygen atoms in total. The van der Waals surface area contributed by atoms with E-state index in [9.17, 15) is 0 Å². The van der Waals surface area contributed by atoms with E-state index >= 15 is 0 Å². The van der Waals surface area contributed by atoms with Crippen LogP contribution in [0.15, 0.2) is 22.7 Å². The number of rotatable bonds is 6. The van der Waals surface area contributed by atoms with Crippen molar-refractivity contribution in [1.82, 2.24) is 4.90 Å². The van der Waals surface area contributed by atoms with Crippen molar-refractivity contribution in [2.45, 2.75) is 25.8 Å². The number of halogens is 2. The predicted octanol–water partition coefficient (Wildman–Crippen LogP) is 3.96. The average Bonchev–Trinajstić information content (AvgIpc) is 2.29. The topological polar surface area (TPSA) is 6.48 Å². The number of hydrogen-bond acceptors (Lipinski definition) is 2. The van der Waals surface area contributed by atoms with Crippen molar-refractivity contribution in [3.05, 3.63) is 28.2 Å². The van der Waals surface area contributed by atoms with Gasteiger partial charge < -0.3 is 9.80 Å². The summed E-state index contributed by atoms with van der Waals surface area (Å²) in [4.78, 5) is 4.62. The van der Waals surface area contributed by atoms with E-state index in [1.54, 1.807) is 0 Å². The van der Waals surface area contributed by atoms with Crippen LogP contribution < -0.4 is 4.90 Å². The Morgan fingerprint density at radius 1 is 1.33 bits per heavy atom. The average molecular weight is 334 g/mol. The molecule has 0 amide bonds. The van der Waals surface area contributed by atoms with Crippen molar-refractivity contribution in [2.24, 2.45) is 0 Å². The van der Waals surface area contributed by atoms with Crippen molar-refractivity contribution in [3.8, 4) is 0 Å². The quantitative estimate of drug-likeness (QED) is 0.727. The van der Waals surface area contributed by atoms with Crippen LogP contribution in [0, 0.1) is 0 Å². The molecule has 1 unspecified atom stereocenters. The van der Waals surface area contributed by atoms with Crippen LogP contribution in [0.3, 0.4) is 0 Å². The number of alkyl halides is 1. The molecule has 0 aliphatic carbocycles. The van der Waals surface area contributed by atoms with E-state index in [-0.39, 0.29) is 0 Å². The lowest BCUT2D eigenvalue weighted by Gasteiger charge is -2.32. The van der Waals surface area contributed by atoms with E-state index in [0.29, 0.717) is 11.9 Å². The number of benzene rings is 1. The summed E-state index contributed by atoms with van der Waals surface area (Å²) in [5.41, 5.74) is 2.38. The number of likely N-dealkylation sites (N-methyl/N-ethyl adjacent to an activating group) is 2. The lowest BCUT2D eigenvalue weighted by Crippen LogP contribution is -2.40. The van der Waals surface area contributed by atoms with Gasteiger partial charge in [0.1, 0.15) is 0 Å². The third-order valence-corrected chi connectivity index (χ3v) is 4.04. The van der Waals surface area contributed by atoms with Crippen molar-refractivity contribution in [1.29, 1.82) is 0 Å². The number of nitrogens with zero attached hydrogens (tertiary/aromatic N) is 2. The standard InChI is InChI=1S/C14H22BrClN2/c1-5-18(11(2)10-17(3)4)13-7-6-12(9-16)14(15)8-13/h6-8,11H,5,9-10H2,1-4H3. The fraction of sp³-hybridized carbons (Fsp3) is 0.571. The Hall–Kier alpha value is -0.250. The Kier molecular flexibility index (Phi) is 6.47. The second-order valence-corrected chi connectivity index (χ2v) is 5.93. The molecule has 0 heterocycles. The SMILES string of the molecule is CCN(c1ccc(CCl)c(Br)c1)C(C)CN(C)C. The first-order chi connectivity index (χ1) is 8.49. The molecule has 0 fully saturated rings. The van der Waals surface area contributed by atoms with Crippen LogP contribution in [0.25, 0.3) is 0 Å². The van der Waals surface area contributed by atoms with E-state index < -0.39 is 0 Å². The minimum Gasteiger partial charge on any atom is -0.368 e. The first-order valence-corrected chi connectivity index (χ1v) is 7.58. The van der Waals surface area contributed by atoms with Gasteiger partial charge in [-0.25, -0.2) is 0 Å². The zero-order valence-electron chi connectivity index (χ0n) is 11.6. The van der Waals surface area contributed by atoms with Crippen molar-refractivity contribution < 1.29 is 0 Å². The Labute approximate surface area is 124 Å². The van der Waals surface area contributed by atoms with Gasteiger partial charge in [-0.05, 0) is 45.6 Å². The van der Waals surface area contributed by atoms with E-state index in [2.05, 4.69) is 71.9 Å². The van der Waals surface area contributed by atoms with Gasteiger partial charge in [0, 0.05) is 35.2 Å². The van der Waals surface area contributed by atoms with Crippen LogP contribution in [-0.2, 0) is 5.88 Å². The maximum atomic E-state index is 5.88. The molecule has 1 atom stereocenters. The van der Waals surface area contributed by atoms with Crippen LogP contribution in [0.1, 0.15) is 19.4 Å². The molecule has 0 saturated carbocycles. The van der Waals surface area contributed by atoms with Crippen molar-refractivity contribution in [2.75, 3.05) is 32.1 Å². The summed E-state index contributed by atoms with van der Waals surface area (Å²) in [6, 6.07) is 6.89. The zero-order chi connectivity index (χ0) is 13.7. The third-order valence-electron chi connectivity index (χ3n) is 3.01. The second-order valence-electron chi connectivity index (χ2n) is 4.81. The molecule has 1 aromatic carbocycles. The van der Waals surface area contributed by atoms with E-state index in [1.165, 1.54) is 5.69 Å². The maximum Gasteiger partial charge on any atom is 0.0485 e. The van der Waals surface area contributed by atoms with E-state index in [4.69, 9.17) is 11.6 Å². The Balaban J connectivity index is 2.91. The maximum absolute atomic E-state index is 5.88. The lowest BCUT2D eigenvalue weighted by atomic mass is 10.1. The first-order valence-electron chi connectivity index (χ1n) is 6.25. The molecule has 0 spiro atoms. The van der Waals surface area contributed by atoms with Crippen LogP contribution in [0.2, 0.25) is 0 Å². The molecule has 0 aromatic heterocycles. The van der Waals surface area contributed by atoms with Gasteiger partial charge in [0.05, 0.1) is 0 Å². The summed E-state index contributed by atoms with van der Waals surface area (Å²) in [6.07, 6.45) is 0. The molecule has 1 rings (SSSR count). The molecule has 0 aliphatic heterocycles. The summed E-state index contributed by atoms with van der Waals surface area (Å²) < 4.78 is 1.09. The van der Waals surface area contributed by atoms with E-state index in [1.807, 2.05) is 0 Å². The largest absolute Gasteiger partial charge is 0.368 e. The molecule has 0 radical (unpaired) electrons. The Bertz CT molecular complexity index is 382. The van der Waals surface area contributed by atoms with Crippen LogP contribution in [-0.4, -0.2) is 38.1 Å². The van der Waals surface area contributed by atoms with Crippen LogP contribution >= 0.6 is 27.5 Å². The summed E-state index contributed by atoms with van der Waals surface area (Å²) in [5.74, 6) is 0.542. The highest BCUT2D eigenvalue weighted by Gasteiger charge is 2.14. The first kappa shape index (κ1) is 15.8. The molecule has 0 bridgehead atoms. The Morgan fingerprint density at radius 2 is 2.00 bits per heavy atom. The fourth-order valence-corrected chi connectivity index (χ4v) is 3.10. The molecule has 0 aliphatic rings. The predicted molar refractivity (Wildman–Crippen MR) is 84.7 cm³/mol. The van der Waals surface area contributed by atoms with Crippen molar-refractivity contribution >= 4 is 33.2 Å². The number of hydrogen-bond donors (Lipinski definition) is 0.